The van der Waals surface area contributed by atoms with Crippen molar-refractivity contribution in [2.45, 2.75) is 19.0 Å². The fraction of sp³-hybridized carbons (Fsp3) is 0.316. The van der Waals surface area contributed by atoms with E-state index in [1.807, 2.05) is 6.92 Å². The van der Waals surface area contributed by atoms with Crippen LogP contribution in [0.3, 0.4) is 0 Å². The number of anilines is 2. The van der Waals surface area contributed by atoms with Gasteiger partial charge in [0.15, 0.2) is 9.84 Å². The molecule has 29 heavy (non-hydrogen) atoms. The van der Waals surface area contributed by atoms with Crippen LogP contribution in [0.25, 0.3) is 0 Å². The molecule has 2 saturated heterocycles. The van der Waals surface area contributed by atoms with E-state index in [9.17, 15) is 23.3 Å². The molecule has 0 saturated carbocycles. The number of benzene rings is 2. The van der Waals surface area contributed by atoms with Gasteiger partial charge in [-0.15, -0.1) is 0 Å². The third-order valence-electron chi connectivity index (χ3n) is 5.13. The van der Waals surface area contributed by atoms with E-state index < -0.39 is 26.8 Å². The van der Waals surface area contributed by atoms with Crippen LogP contribution in [0.4, 0.5) is 21.9 Å². The molecule has 2 aromatic rings. The number of non-ortho nitro benzene ring substituents is 1. The van der Waals surface area contributed by atoms with Crippen LogP contribution in [-0.2, 0) is 9.84 Å². The van der Waals surface area contributed by atoms with Gasteiger partial charge < -0.3 is 4.74 Å². The van der Waals surface area contributed by atoms with E-state index in [-0.39, 0.29) is 23.2 Å². The molecule has 0 unspecified atom stereocenters. The highest BCUT2D eigenvalue weighted by atomic mass is 32.2. The van der Waals surface area contributed by atoms with Crippen molar-refractivity contribution < 1.29 is 22.9 Å². The Morgan fingerprint density at radius 1 is 1.00 bits per heavy atom. The number of fused-ring (bicyclic) bond motifs is 1. The number of carbonyl (C=O) groups excluding carboxylic acids is 1. The number of rotatable bonds is 5. The van der Waals surface area contributed by atoms with Crippen LogP contribution in [0.2, 0.25) is 0 Å². The third kappa shape index (κ3) is 3.39. The average molecular weight is 417 g/mol. The maximum atomic E-state index is 13.3. The zero-order valence-electron chi connectivity index (χ0n) is 15.6. The molecular formula is C19H19N3O6S. The van der Waals surface area contributed by atoms with Crippen LogP contribution in [0.15, 0.2) is 48.5 Å². The number of hydrogen-bond acceptors (Lipinski definition) is 6. The van der Waals surface area contributed by atoms with Gasteiger partial charge in [0, 0.05) is 23.5 Å². The van der Waals surface area contributed by atoms with Crippen LogP contribution >= 0.6 is 0 Å². The van der Waals surface area contributed by atoms with E-state index in [1.165, 1.54) is 34.1 Å². The molecule has 0 bridgehead atoms. The second kappa shape index (κ2) is 7.03. The van der Waals surface area contributed by atoms with Gasteiger partial charge in [-0.3, -0.25) is 19.9 Å². The monoisotopic (exact) mass is 417 g/mol. The Morgan fingerprint density at radius 2 is 1.48 bits per heavy atom. The molecule has 0 spiro atoms. The van der Waals surface area contributed by atoms with Gasteiger partial charge in [-0.1, -0.05) is 0 Å². The highest BCUT2D eigenvalue weighted by Gasteiger charge is 2.54. The molecule has 152 valence electrons. The highest BCUT2D eigenvalue weighted by Crippen LogP contribution is 2.38. The Morgan fingerprint density at radius 3 is 1.93 bits per heavy atom. The maximum Gasteiger partial charge on any atom is 0.329 e. The van der Waals surface area contributed by atoms with Crippen LogP contribution in [0.1, 0.15) is 6.92 Å². The highest BCUT2D eigenvalue weighted by molar-refractivity contribution is 7.91. The summed E-state index contributed by atoms with van der Waals surface area (Å²) in [4.78, 5) is 26.6. The number of nitrogens with zero attached hydrogens (tertiary/aromatic N) is 3. The third-order valence-corrected chi connectivity index (χ3v) is 6.83. The first-order chi connectivity index (χ1) is 13.8. The fourth-order valence-electron chi connectivity index (χ4n) is 3.91. The van der Waals surface area contributed by atoms with Gasteiger partial charge in [-0.05, 0) is 43.3 Å². The van der Waals surface area contributed by atoms with Crippen molar-refractivity contribution in [1.82, 2.24) is 0 Å². The number of carbonyl (C=O) groups is 1. The van der Waals surface area contributed by atoms with Gasteiger partial charge in [0.2, 0.25) is 0 Å². The predicted molar refractivity (Wildman–Crippen MR) is 107 cm³/mol. The first-order valence-corrected chi connectivity index (χ1v) is 10.9. The molecule has 2 aromatic carbocycles. The summed E-state index contributed by atoms with van der Waals surface area (Å²) in [6.07, 6.45) is 0. The first kappa shape index (κ1) is 19.2. The fourth-order valence-corrected chi connectivity index (χ4v) is 5.83. The Kier molecular flexibility index (Phi) is 4.65. The summed E-state index contributed by atoms with van der Waals surface area (Å²) >= 11 is 0. The molecule has 2 atom stereocenters. The lowest BCUT2D eigenvalue weighted by atomic mass is 10.1. The smallest absolute Gasteiger partial charge is 0.329 e. The standard InChI is InChI=1S/C19H19N3O6S/c1-2-28-16-9-7-14(8-10-16)21-18-12-29(26,27)11-17(18)20(19(21)23)13-3-5-15(6-4-13)22(24)25/h3-10,17-18H,2,11-12H2,1H3/t17-,18-/m0/s1. The zero-order valence-corrected chi connectivity index (χ0v) is 16.4. The summed E-state index contributed by atoms with van der Waals surface area (Å²) in [6, 6.07) is 11.0. The topological polar surface area (TPSA) is 110 Å². The number of urea groups is 1. The van der Waals surface area contributed by atoms with E-state index in [0.717, 1.165) is 0 Å². The van der Waals surface area contributed by atoms with Gasteiger partial charge in [0.25, 0.3) is 5.69 Å². The normalized spacial score (nSPS) is 22.6. The molecular weight excluding hydrogens is 398 g/mol. The van der Waals surface area contributed by atoms with E-state index in [2.05, 4.69) is 0 Å². The maximum absolute atomic E-state index is 13.3. The second-order valence-corrected chi connectivity index (χ2v) is 9.09. The summed E-state index contributed by atoms with van der Waals surface area (Å²) in [5.74, 6) is 0.388. The number of nitro benzene ring substituents is 1. The van der Waals surface area contributed by atoms with Crippen molar-refractivity contribution >= 4 is 32.9 Å². The second-order valence-electron chi connectivity index (χ2n) is 6.93. The summed E-state index contributed by atoms with van der Waals surface area (Å²) in [5, 5.41) is 10.9. The molecule has 2 aliphatic rings. The number of sulfone groups is 1. The quantitative estimate of drug-likeness (QED) is 0.420. The van der Waals surface area contributed by atoms with Crippen molar-refractivity contribution in [3.05, 3.63) is 58.6 Å². The van der Waals surface area contributed by atoms with Crippen molar-refractivity contribution in [3.63, 3.8) is 0 Å². The summed E-state index contributed by atoms with van der Waals surface area (Å²) < 4.78 is 30.1. The molecule has 2 aliphatic heterocycles. The molecule has 10 heteroatoms. The molecule has 9 nitrogen and oxygen atoms in total. The van der Waals surface area contributed by atoms with Crippen LogP contribution in [0.5, 0.6) is 5.75 Å². The number of hydrogen-bond donors (Lipinski definition) is 0. The first-order valence-electron chi connectivity index (χ1n) is 9.11. The molecule has 2 amide bonds. The number of nitro groups is 1. The van der Waals surface area contributed by atoms with Gasteiger partial charge in [-0.25, -0.2) is 13.2 Å². The lowest BCUT2D eigenvalue weighted by Gasteiger charge is -2.22. The van der Waals surface area contributed by atoms with Crippen LogP contribution in [-0.4, -0.2) is 49.6 Å². The van der Waals surface area contributed by atoms with Crippen molar-refractivity contribution in [2.75, 3.05) is 27.9 Å². The summed E-state index contributed by atoms with van der Waals surface area (Å²) in [7, 11) is -3.32. The molecule has 4 rings (SSSR count). The summed E-state index contributed by atoms with van der Waals surface area (Å²) in [6.45, 7) is 2.38. The van der Waals surface area contributed by atoms with E-state index in [4.69, 9.17) is 4.74 Å². The van der Waals surface area contributed by atoms with Crippen molar-refractivity contribution in [1.29, 1.82) is 0 Å². The van der Waals surface area contributed by atoms with Gasteiger partial charge >= 0.3 is 6.03 Å². The molecule has 2 fully saturated rings. The van der Waals surface area contributed by atoms with Gasteiger partial charge in [0.1, 0.15) is 5.75 Å². The molecule has 0 radical (unpaired) electrons. The molecule has 2 heterocycles. The minimum Gasteiger partial charge on any atom is -0.494 e. The van der Waals surface area contributed by atoms with Crippen molar-refractivity contribution in [2.24, 2.45) is 0 Å². The Hall–Kier alpha value is -3.14. The van der Waals surface area contributed by atoms with E-state index >= 15 is 0 Å². The Bertz CT molecular complexity index is 1050. The van der Waals surface area contributed by atoms with E-state index in [0.29, 0.717) is 23.7 Å². The zero-order chi connectivity index (χ0) is 20.8. The van der Waals surface area contributed by atoms with Gasteiger partial charge in [0.05, 0.1) is 35.1 Å². The predicted octanol–water partition coefficient (Wildman–Crippen LogP) is 2.61. The van der Waals surface area contributed by atoms with Gasteiger partial charge in [-0.2, -0.15) is 0 Å². The lowest BCUT2D eigenvalue weighted by Crippen LogP contribution is -2.37. The summed E-state index contributed by atoms with van der Waals surface area (Å²) in [5.41, 5.74) is 0.912. The van der Waals surface area contributed by atoms with Crippen molar-refractivity contribution in [3.8, 4) is 5.75 Å². The molecule has 0 aliphatic carbocycles. The number of ether oxygens (including phenoxy) is 1. The Balaban J connectivity index is 1.71. The SMILES string of the molecule is CCOc1ccc(N2C(=O)N(c3ccc([N+](=O)[O-])cc3)[C@H]3CS(=O)(=O)C[C@@H]32)cc1. The minimum absolute atomic E-state index is 0.0978. The molecule has 0 aromatic heterocycles. The average Bonchev–Trinajstić information content (AvgIpc) is 3.11. The minimum atomic E-state index is -3.32. The van der Waals surface area contributed by atoms with Crippen LogP contribution in [0, 0.1) is 10.1 Å². The number of amides is 2. The molecule has 0 N–H and O–H groups in total. The lowest BCUT2D eigenvalue weighted by molar-refractivity contribution is -0.384. The largest absolute Gasteiger partial charge is 0.494 e. The Labute approximate surface area is 167 Å². The van der Waals surface area contributed by atoms with Crippen LogP contribution < -0.4 is 14.5 Å². The van der Waals surface area contributed by atoms with E-state index in [1.54, 1.807) is 24.3 Å².